The molecule has 0 saturated carbocycles. The lowest BCUT2D eigenvalue weighted by Gasteiger charge is -2.28. The van der Waals surface area contributed by atoms with Gasteiger partial charge in [-0.3, -0.25) is 48.0 Å². The molecule has 0 radical (unpaired) electrons. The zero-order valence-electron chi connectivity index (χ0n) is 48.0. The molecule has 24 nitrogen and oxygen atoms in total. The molecule has 91 heavy (non-hydrogen) atoms. The third kappa shape index (κ3) is 19.5. The molecule has 0 spiro atoms. The normalized spacial score (nSPS) is 17.8. The summed E-state index contributed by atoms with van der Waals surface area (Å²) >= 11 is 0. The van der Waals surface area contributed by atoms with Crippen LogP contribution in [-0.2, 0) is 18.2 Å². The number of nitro benzene ring substituents is 2. The van der Waals surface area contributed by atoms with E-state index in [0.717, 1.165) is 63.0 Å². The van der Waals surface area contributed by atoms with Crippen molar-refractivity contribution < 1.29 is 93.2 Å². The molecule has 33 heteroatoms. The number of alkyl halides is 6. The molecule has 7 aliphatic heterocycles. The number of aromatic carboxylic acids is 1. The number of nitrogens with zero attached hydrogens (tertiary/aromatic N) is 8. The van der Waals surface area contributed by atoms with Crippen molar-refractivity contribution in [1.29, 1.82) is 0 Å². The van der Waals surface area contributed by atoms with Crippen LogP contribution in [0.3, 0.4) is 0 Å². The van der Waals surface area contributed by atoms with Crippen molar-refractivity contribution in [2.24, 2.45) is 0 Å². The van der Waals surface area contributed by atoms with Crippen molar-refractivity contribution in [2.75, 3.05) is 91.6 Å². The van der Waals surface area contributed by atoms with E-state index < -0.39 is 89.8 Å². The second-order valence-corrected chi connectivity index (χ2v) is 25.9. The van der Waals surface area contributed by atoms with Crippen molar-refractivity contribution in [1.82, 2.24) is 33.8 Å². The molecule has 2 atom stereocenters. The van der Waals surface area contributed by atoms with E-state index in [0.29, 0.717) is 88.7 Å². The molecular weight excluding hydrogens is 1260 g/mol. The second kappa shape index (κ2) is 30.7. The highest BCUT2D eigenvalue weighted by molar-refractivity contribution is 7.54. The molecule has 0 aromatic heterocycles. The van der Waals surface area contributed by atoms with Gasteiger partial charge in [-0.1, -0.05) is 25.6 Å². The number of halogens is 7. The molecule has 5 aromatic carbocycles. The minimum atomic E-state index is -4.95. The lowest BCUT2D eigenvalue weighted by molar-refractivity contribution is -0.387. The average molecular weight is 1330 g/mol. The summed E-state index contributed by atoms with van der Waals surface area (Å²) in [5.74, 6) is -2.93. The van der Waals surface area contributed by atoms with Gasteiger partial charge in [-0.2, -0.15) is 30.7 Å². The van der Waals surface area contributed by atoms with Gasteiger partial charge in [-0.05, 0) is 142 Å². The standard InChI is InChI=1S/C23H24F3N4O6P.C12H12F4N3O4P.C11H13NO2.C7H6O3.C4H9N.CH4/c24-23(25,26)21(36-37(34,28-10-11-28)29-12-13-29)16-6-7-19(30(32)33)20(15-16)35-18-5-3-4-17(14-18)22(31)27-8-1-2-9-27;13-9-7-8(1-2-10(9)19(20)21)11(12(14,15)16)23-24(22,17-3-4-17)18-5-6-18;13-10-5-3-4-9(8-10)11(14)12-6-1-2-7-12;8-6-3-1-2-5(4-6)7(9)10;1-2-4-5-3-1;/h3-7,14-15,21H,1-2,8-13H2;1-2,7,11H,3-6H2;3-5,8,13H,1-2,6-7H2;1-4,8H,(H,9,10);5H,1-4H2;1H4. The molecule has 7 saturated heterocycles. The average Bonchev–Trinajstić information content (AvgIpc) is 1.59. The molecule has 5 aromatic rings. The lowest BCUT2D eigenvalue weighted by atomic mass is 10.1. The summed E-state index contributed by atoms with van der Waals surface area (Å²) < 4.78 is 143. The monoisotopic (exact) mass is 1330 g/mol. The Kier molecular flexibility index (Phi) is 23.9. The highest BCUT2D eigenvalue weighted by atomic mass is 31.2. The number of hydrogen-bond acceptors (Lipinski definition) is 15. The first-order valence-electron chi connectivity index (χ1n) is 28.5. The van der Waals surface area contributed by atoms with Crippen molar-refractivity contribution in [2.45, 2.75) is 70.5 Å². The summed E-state index contributed by atoms with van der Waals surface area (Å²) in [5, 5.41) is 51.8. The Bertz CT molecular complexity index is 3450. The number of carboxylic acids is 1. The van der Waals surface area contributed by atoms with E-state index in [-0.39, 0.29) is 42.1 Å². The van der Waals surface area contributed by atoms with E-state index >= 15 is 0 Å². The zero-order chi connectivity index (χ0) is 65.1. The number of carbonyl (C=O) groups excluding carboxylic acids is 2. The molecule has 7 aliphatic rings. The Morgan fingerprint density at radius 3 is 1.26 bits per heavy atom. The van der Waals surface area contributed by atoms with Gasteiger partial charge in [-0.15, -0.1) is 0 Å². The van der Waals surface area contributed by atoms with E-state index in [1.807, 2.05) is 4.90 Å². The first-order chi connectivity index (χ1) is 42.7. The first kappa shape index (κ1) is 70.9. The summed E-state index contributed by atoms with van der Waals surface area (Å²) in [5.41, 5.74) is -1.70. The van der Waals surface area contributed by atoms with Crippen LogP contribution in [-0.4, -0.2) is 175 Å². The number of nitrogens with one attached hydrogen (secondary N) is 1. The molecule has 2 unspecified atom stereocenters. The fourth-order valence-electron chi connectivity index (χ4n) is 9.40. The number of benzene rings is 5. The van der Waals surface area contributed by atoms with Gasteiger partial charge >= 0.3 is 45.0 Å². The topological polar surface area (TPSA) is 291 Å². The second-order valence-electron chi connectivity index (χ2n) is 21.3. The van der Waals surface area contributed by atoms with E-state index in [9.17, 15) is 79.6 Å². The fourth-order valence-corrected chi connectivity index (χ4v) is 14.1. The number of rotatable bonds is 17. The number of carboxylic acid groups (broad SMARTS) is 1. The number of hydrogen-bond donors (Lipinski definition) is 4. The number of likely N-dealkylation sites (tertiary alicyclic amines) is 2. The highest BCUT2D eigenvalue weighted by Gasteiger charge is 2.57. The quantitative estimate of drug-likeness (QED) is 0.0221. The van der Waals surface area contributed by atoms with Crippen LogP contribution >= 0.6 is 15.3 Å². The Balaban J connectivity index is 0.000000185. The Hall–Kier alpha value is -7.60. The minimum absolute atomic E-state index is 0. The maximum absolute atomic E-state index is 14.1. The van der Waals surface area contributed by atoms with E-state index in [2.05, 4.69) is 5.32 Å². The Labute approximate surface area is 518 Å². The van der Waals surface area contributed by atoms with Crippen LogP contribution in [0.5, 0.6) is 23.0 Å². The summed E-state index contributed by atoms with van der Waals surface area (Å²) in [6.07, 6.45) is -8.39. The molecule has 0 bridgehead atoms. The number of amides is 2. The van der Waals surface area contributed by atoms with Crippen LogP contribution in [0, 0.1) is 26.0 Å². The molecule has 12 rings (SSSR count). The predicted molar refractivity (Wildman–Crippen MR) is 316 cm³/mol. The SMILES string of the molecule is C.C1CCNC1.O=C(O)c1cccc(O)c1.O=C(c1cccc(O)c1)N1CCCC1.O=C(c1cccc(Oc2cc(C(OP(=O)(N3CC3)N3CC3)C(F)(F)F)ccc2[N+](=O)[O-])c1)N1CCCC1.O=[N+]([O-])c1ccc(C(OP(=O)(N2CC2)N2CC2)C(F)(F)F)cc1F. The Morgan fingerprint density at radius 2 is 0.912 bits per heavy atom. The first-order valence-corrected chi connectivity index (χ1v) is 31.5. The zero-order valence-corrected chi connectivity index (χ0v) is 49.8. The maximum Gasteiger partial charge on any atom is 0.419 e. The summed E-state index contributed by atoms with van der Waals surface area (Å²) in [4.78, 5) is 58.7. The molecular formula is C58H68F7N9O15P2. The van der Waals surface area contributed by atoms with Gasteiger partial charge in [0.1, 0.15) is 17.2 Å². The van der Waals surface area contributed by atoms with E-state index in [4.69, 9.17) is 24.0 Å². The van der Waals surface area contributed by atoms with Gasteiger partial charge in [0, 0.05) is 102 Å². The molecule has 7 fully saturated rings. The van der Waals surface area contributed by atoms with Crippen LogP contribution < -0.4 is 10.1 Å². The number of phenolic OH excluding ortho intramolecular Hbond substituents is 2. The van der Waals surface area contributed by atoms with Gasteiger partial charge in [-0.25, -0.2) is 23.5 Å². The predicted octanol–water partition coefficient (Wildman–Crippen LogP) is 11.8. The van der Waals surface area contributed by atoms with E-state index in [1.165, 1.54) is 93.1 Å². The molecule has 2 amide bonds. The number of nitro groups is 2. The summed E-state index contributed by atoms with van der Waals surface area (Å²) in [7, 11) is -7.68. The van der Waals surface area contributed by atoms with Crippen LogP contribution in [0.25, 0.3) is 0 Å². The van der Waals surface area contributed by atoms with Crippen LogP contribution in [0.1, 0.15) is 100 Å². The number of aromatic hydroxyl groups is 2. The molecule has 4 N–H and O–H groups in total. The minimum Gasteiger partial charge on any atom is -0.508 e. The highest BCUT2D eigenvalue weighted by Crippen LogP contribution is 2.66. The van der Waals surface area contributed by atoms with E-state index in [1.54, 1.807) is 29.2 Å². The number of phenols is 2. The van der Waals surface area contributed by atoms with Gasteiger partial charge in [0.15, 0.2) is 12.2 Å². The number of carbonyl (C=O) groups is 3. The smallest absolute Gasteiger partial charge is 0.419 e. The third-order valence-electron chi connectivity index (χ3n) is 14.4. The van der Waals surface area contributed by atoms with Crippen LogP contribution in [0.4, 0.5) is 42.1 Å². The third-order valence-corrected chi connectivity index (χ3v) is 19.8. The van der Waals surface area contributed by atoms with Gasteiger partial charge in [0.05, 0.1) is 15.4 Å². The van der Waals surface area contributed by atoms with Gasteiger partial charge < -0.3 is 35.2 Å². The molecule has 494 valence electrons. The van der Waals surface area contributed by atoms with Crippen LogP contribution in [0.2, 0.25) is 0 Å². The van der Waals surface area contributed by atoms with Crippen molar-refractivity contribution in [3.8, 4) is 23.0 Å². The summed E-state index contributed by atoms with van der Waals surface area (Å²) in [6.45, 7) is 8.28. The van der Waals surface area contributed by atoms with Gasteiger partial charge in [0.25, 0.3) is 11.8 Å². The van der Waals surface area contributed by atoms with Crippen molar-refractivity contribution in [3.05, 3.63) is 163 Å². The largest absolute Gasteiger partial charge is 0.508 e. The van der Waals surface area contributed by atoms with Crippen molar-refractivity contribution >= 4 is 44.5 Å². The fraction of sp³-hybridized carbons (Fsp3) is 0.431. The molecule has 7 heterocycles. The Morgan fingerprint density at radius 1 is 0.527 bits per heavy atom. The lowest BCUT2D eigenvalue weighted by Crippen LogP contribution is -2.27. The molecule has 0 aliphatic carbocycles. The van der Waals surface area contributed by atoms with Crippen molar-refractivity contribution in [3.63, 3.8) is 0 Å². The van der Waals surface area contributed by atoms with Gasteiger partial charge in [0.2, 0.25) is 11.6 Å². The van der Waals surface area contributed by atoms with Crippen LogP contribution in [0.15, 0.2) is 109 Å². The summed E-state index contributed by atoms with van der Waals surface area (Å²) in [6, 6.07) is 22.5. The number of ether oxygens (including phenoxy) is 1. The maximum atomic E-state index is 14.1.